The summed E-state index contributed by atoms with van der Waals surface area (Å²) in [6.07, 6.45) is 3.41. The van der Waals surface area contributed by atoms with Crippen LogP contribution in [0.4, 0.5) is 23.1 Å². The van der Waals surface area contributed by atoms with Crippen molar-refractivity contribution >= 4 is 29.1 Å². The maximum Gasteiger partial charge on any atom is 0.306 e. The monoisotopic (exact) mass is 370 g/mol. The van der Waals surface area contributed by atoms with Gasteiger partial charge in [0.05, 0.1) is 18.7 Å². The largest absolute Gasteiger partial charge is 0.494 e. The molecule has 9 nitrogen and oxygen atoms in total. The number of aliphatic carboxylic acids is 1. The topological polar surface area (TPSA) is 133 Å². The fourth-order valence-corrected chi connectivity index (χ4v) is 3.08. The van der Waals surface area contributed by atoms with Crippen molar-refractivity contribution in [3.8, 4) is 5.75 Å². The lowest BCUT2D eigenvalue weighted by Gasteiger charge is -2.14. The van der Waals surface area contributed by atoms with Gasteiger partial charge >= 0.3 is 5.97 Å². The average Bonchev–Trinajstić information content (AvgIpc) is 3.13. The second kappa shape index (κ2) is 8.43. The zero-order valence-corrected chi connectivity index (χ0v) is 15.0. The molecule has 2 atom stereocenters. The molecule has 0 spiro atoms. The van der Waals surface area contributed by atoms with E-state index in [9.17, 15) is 4.79 Å². The number of nitrogens with zero attached hydrogens (tertiary/aromatic N) is 3. The van der Waals surface area contributed by atoms with Gasteiger partial charge in [-0.2, -0.15) is 10.1 Å². The van der Waals surface area contributed by atoms with Crippen LogP contribution >= 0.6 is 0 Å². The van der Waals surface area contributed by atoms with Crippen molar-refractivity contribution in [1.82, 2.24) is 9.97 Å². The summed E-state index contributed by atoms with van der Waals surface area (Å²) in [6.45, 7) is 2.52. The quantitative estimate of drug-likeness (QED) is 0.517. The molecule has 9 heteroatoms. The smallest absolute Gasteiger partial charge is 0.306 e. The standard InChI is InChI=1S/C18H22N6O3/c1-2-27-14-7-5-12(6-8-14)21-16-15(24-19)10-20-18(23-16)22-13-4-3-11(9-13)17(25)26/h5-8,10-11,13,19H,2-4,9H2,1H3,(H,25,26)(H2,20,21,22,23)/t11-,13-/m1/s1. The summed E-state index contributed by atoms with van der Waals surface area (Å²) in [5.74, 6) is 0.465. The third kappa shape index (κ3) is 4.69. The molecular weight excluding hydrogens is 348 g/mol. The number of ether oxygens (including phenoxy) is 1. The molecule has 0 aliphatic heterocycles. The van der Waals surface area contributed by atoms with Gasteiger partial charge in [-0.05, 0) is 50.5 Å². The Morgan fingerprint density at radius 3 is 2.78 bits per heavy atom. The molecule has 0 saturated heterocycles. The molecule has 0 amide bonds. The molecule has 0 unspecified atom stereocenters. The van der Waals surface area contributed by atoms with Crippen molar-refractivity contribution in [1.29, 1.82) is 5.53 Å². The van der Waals surface area contributed by atoms with Crippen LogP contribution in [-0.4, -0.2) is 33.7 Å². The average molecular weight is 370 g/mol. The van der Waals surface area contributed by atoms with Crippen LogP contribution in [0.15, 0.2) is 35.6 Å². The lowest BCUT2D eigenvalue weighted by Crippen LogP contribution is -2.19. The molecule has 0 radical (unpaired) electrons. The van der Waals surface area contributed by atoms with Gasteiger partial charge in [0.25, 0.3) is 0 Å². The number of anilines is 3. The second-order valence-corrected chi connectivity index (χ2v) is 6.31. The maximum absolute atomic E-state index is 11.1. The van der Waals surface area contributed by atoms with Crippen LogP contribution in [0.2, 0.25) is 0 Å². The molecule has 4 N–H and O–H groups in total. The Labute approximate surface area is 156 Å². The first kappa shape index (κ1) is 18.6. The molecule has 1 fully saturated rings. The number of carboxylic acid groups (broad SMARTS) is 1. The van der Waals surface area contributed by atoms with Gasteiger partial charge < -0.3 is 20.5 Å². The minimum atomic E-state index is -0.763. The van der Waals surface area contributed by atoms with E-state index in [4.69, 9.17) is 15.4 Å². The lowest BCUT2D eigenvalue weighted by atomic mass is 10.1. The summed E-state index contributed by atoms with van der Waals surface area (Å²) in [7, 11) is 0. The van der Waals surface area contributed by atoms with Gasteiger partial charge in [0.15, 0.2) is 5.82 Å². The SMILES string of the molecule is CCOc1ccc(Nc2nc(N[C@@H]3CC[C@@H](C(=O)O)C3)ncc2N=N)cc1. The highest BCUT2D eigenvalue weighted by molar-refractivity contribution is 5.71. The molecule has 2 aromatic rings. The van der Waals surface area contributed by atoms with Crippen LogP contribution in [0.25, 0.3) is 0 Å². The van der Waals surface area contributed by atoms with E-state index in [1.54, 1.807) is 0 Å². The van der Waals surface area contributed by atoms with Gasteiger partial charge in [-0.3, -0.25) is 4.79 Å². The highest BCUT2D eigenvalue weighted by Gasteiger charge is 2.30. The fourth-order valence-electron chi connectivity index (χ4n) is 3.08. The highest BCUT2D eigenvalue weighted by atomic mass is 16.5. The molecule has 27 heavy (non-hydrogen) atoms. The Bertz CT molecular complexity index is 811. The molecule has 1 aliphatic carbocycles. The number of carbonyl (C=O) groups is 1. The van der Waals surface area contributed by atoms with E-state index in [1.807, 2.05) is 31.2 Å². The Hall–Kier alpha value is -3.23. The van der Waals surface area contributed by atoms with Crippen LogP contribution < -0.4 is 15.4 Å². The number of nitrogens with one attached hydrogen (secondary N) is 3. The van der Waals surface area contributed by atoms with E-state index in [2.05, 4.69) is 25.7 Å². The summed E-state index contributed by atoms with van der Waals surface area (Å²) >= 11 is 0. The molecule has 1 aromatic heterocycles. The first-order valence-corrected chi connectivity index (χ1v) is 8.82. The number of hydrogen-bond acceptors (Lipinski definition) is 8. The lowest BCUT2D eigenvalue weighted by molar-refractivity contribution is -0.141. The number of carboxylic acids is 1. The second-order valence-electron chi connectivity index (χ2n) is 6.31. The number of aromatic nitrogens is 2. The van der Waals surface area contributed by atoms with Crippen LogP contribution in [-0.2, 0) is 4.79 Å². The van der Waals surface area contributed by atoms with Gasteiger partial charge in [0, 0.05) is 11.7 Å². The Balaban J connectivity index is 1.71. The Morgan fingerprint density at radius 1 is 1.37 bits per heavy atom. The van der Waals surface area contributed by atoms with E-state index < -0.39 is 5.97 Å². The normalized spacial score (nSPS) is 18.7. The number of rotatable bonds is 8. The van der Waals surface area contributed by atoms with Crippen molar-refractivity contribution in [2.45, 2.75) is 32.2 Å². The Morgan fingerprint density at radius 2 is 2.15 bits per heavy atom. The van der Waals surface area contributed by atoms with E-state index in [0.29, 0.717) is 36.9 Å². The van der Waals surface area contributed by atoms with Gasteiger partial charge in [0.2, 0.25) is 5.95 Å². The van der Waals surface area contributed by atoms with Crippen molar-refractivity contribution in [3.05, 3.63) is 30.5 Å². The van der Waals surface area contributed by atoms with Crippen LogP contribution in [0.3, 0.4) is 0 Å². The summed E-state index contributed by atoms with van der Waals surface area (Å²) in [4.78, 5) is 19.7. The van der Waals surface area contributed by atoms with Crippen molar-refractivity contribution in [2.75, 3.05) is 17.2 Å². The van der Waals surface area contributed by atoms with Crippen LogP contribution in [0.5, 0.6) is 5.75 Å². The van der Waals surface area contributed by atoms with Gasteiger partial charge in [-0.1, -0.05) is 0 Å². The summed E-state index contributed by atoms with van der Waals surface area (Å²) in [6, 6.07) is 7.40. The molecule has 142 valence electrons. The first-order valence-electron chi connectivity index (χ1n) is 8.82. The fraction of sp³-hybridized carbons (Fsp3) is 0.389. The van der Waals surface area contributed by atoms with Crippen molar-refractivity contribution in [3.63, 3.8) is 0 Å². The van der Waals surface area contributed by atoms with Gasteiger partial charge in [0.1, 0.15) is 11.4 Å². The molecule has 3 rings (SSSR count). The molecule has 1 aromatic carbocycles. The maximum atomic E-state index is 11.1. The predicted octanol–water partition coefficient (Wildman–Crippen LogP) is 3.95. The summed E-state index contributed by atoms with van der Waals surface area (Å²) in [5, 5.41) is 18.9. The summed E-state index contributed by atoms with van der Waals surface area (Å²) in [5.41, 5.74) is 8.39. The van der Waals surface area contributed by atoms with E-state index in [-0.39, 0.29) is 12.0 Å². The molecule has 1 saturated carbocycles. The first-order chi connectivity index (χ1) is 13.1. The van der Waals surface area contributed by atoms with E-state index in [0.717, 1.165) is 17.9 Å². The highest BCUT2D eigenvalue weighted by Crippen LogP contribution is 2.30. The summed E-state index contributed by atoms with van der Waals surface area (Å²) < 4.78 is 5.42. The molecular formula is C18H22N6O3. The number of hydrogen-bond donors (Lipinski definition) is 4. The van der Waals surface area contributed by atoms with Crippen molar-refractivity contribution < 1.29 is 14.6 Å². The zero-order valence-electron chi connectivity index (χ0n) is 15.0. The third-order valence-electron chi connectivity index (χ3n) is 4.43. The van der Waals surface area contributed by atoms with Crippen molar-refractivity contribution in [2.24, 2.45) is 11.0 Å². The predicted molar refractivity (Wildman–Crippen MR) is 100 cm³/mol. The molecule has 0 bridgehead atoms. The minimum absolute atomic E-state index is 0.0169. The number of benzene rings is 1. The molecule has 1 aliphatic rings. The van der Waals surface area contributed by atoms with Gasteiger partial charge in [-0.15, -0.1) is 0 Å². The molecule has 1 heterocycles. The Kier molecular flexibility index (Phi) is 5.80. The van der Waals surface area contributed by atoms with E-state index in [1.165, 1.54) is 6.20 Å². The zero-order chi connectivity index (χ0) is 19.2. The van der Waals surface area contributed by atoms with E-state index >= 15 is 0 Å². The third-order valence-corrected chi connectivity index (χ3v) is 4.43. The van der Waals surface area contributed by atoms with Gasteiger partial charge in [-0.25, -0.2) is 10.5 Å². The minimum Gasteiger partial charge on any atom is -0.494 e. The van der Waals surface area contributed by atoms with Crippen LogP contribution in [0.1, 0.15) is 26.2 Å². The van der Waals surface area contributed by atoms with Crippen LogP contribution in [0, 0.1) is 11.4 Å².